The molecule has 0 amide bonds. The lowest BCUT2D eigenvalue weighted by Crippen LogP contribution is -2.20. The van der Waals surface area contributed by atoms with E-state index in [1.54, 1.807) is 0 Å². The Hall–Kier alpha value is -1.35. The van der Waals surface area contributed by atoms with Crippen molar-refractivity contribution in [2.75, 3.05) is 14.2 Å². The molecule has 1 rings (SSSR count). The zero-order valence-electron chi connectivity index (χ0n) is 10.1. The number of esters is 1. The minimum absolute atomic E-state index is 0.0263. The van der Waals surface area contributed by atoms with Gasteiger partial charge in [0.25, 0.3) is 0 Å². The molecule has 0 radical (unpaired) electrons. The van der Waals surface area contributed by atoms with Gasteiger partial charge in [0.2, 0.25) is 0 Å². The summed E-state index contributed by atoms with van der Waals surface area (Å²) in [6.45, 7) is 2.12. The Labute approximate surface area is 96.8 Å². The summed E-state index contributed by atoms with van der Waals surface area (Å²) in [6, 6.07) is 8.33. The molecule has 16 heavy (non-hydrogen) atoms. The predicted molar refractivity (Wildman–Crippen MR) is 64.3 cm³/mol. The van der Waals surface area contributed by atoms with Gasteiger partial charge >= 0.3 is 5.97 Å². The predicted octanol–water partition coefficient (Wildman–Crippen LogP) is 2.07. The lowest BCUT2D eigenvalue weighted by atomic mass is 10.0. The van der Waals surface area contributed by atoms with E-state index in [0.29, 0.717) is 6.42 Å². The summed E-state index contributed by atoms with van der Waals surface area (Å²) in [4.78, 5) is 11.2. The Bertz CT molecular complexity index is 332. The maximum Gasteiger partial charge on any atom is 0.307 e. The molecule has 88 valence electrons. The maximum atomic E-state index is 11.2. The SMILES string of the molecule is CCc1ccc(C(CC(=O)OC)NC)cc1. The highest BCUT2D eigenvalue weighted by Gasteiger charge is 2.13. The summed E-state index contributed by atoms with van der Waals surface area (Å²) >= 11 is 0. The number of methoxy groups -OCH3 is 1. The summed E-state index contributed by atoms with van der Waals surface area (Å²) in [6.07, 6.45) is 1.39. The number of hydrogen-bond acceptors (Lipinski definition) is 3. The van der Waals surface area contributed by atoms with Gasteiger partial charge in [0.15, 0.2) is 0 Å². The second-order valence-corrected chi connectivity index (χ2v) is 3.72. The number of rotatable bonds is 5. The Morgan fingerprint density at radius 1 is 1.38 bits per heavy atom. The molecule has 0 aliphatic rings. The van der Waals surface area contributed by atoms with Gasteiger partial charge in [-0.15, -0.1) is 0 Å². The molecule has 1 atom stereocenters. The van der Waals surface area contributed by atoms with Crippen molar-refractivity contribution in [3.63, 3.8) is 0 Å². The summed E-state index contributed by atoms with van der Waals surface area (Å²) in [7, 11) is 3.26. The monoisotopic (exact) mass is 221 g/mol. The van der Waals surface area contributed by atoms with Gasteiger partial charge in [-0.2, -0.15) is 0 Å². The van der Waals surface area contributed by atoms with Gasteiger partial charge in [-0.05, 0) is 24.6 Å². The van der Waals surface area contributed by atoms with E-state index in [9.17, 15) is 4.79 Å². The molecule has 0 fully saturated rings. The number of ether oxygens (including phenoxy) is 1. The van der Waals surface area contributed by atoms with Crippen LogP contribution in [0.4, 0.5) is 0 Å². The molecule has 3 nitrogen and oxygen atoms in total. The van der Waals surface area contributed by atoms with E-state index in [1.165, 1.54) is 12.7 Å². The first-order valence-corrected chi connectivity index (χ1v) is 5.54. The molecular weight excluding hydrogens is 202 g/mol. The number of carbonyl (C=O) groups is 1. The van der Waals surface area contributed by atoms with Crippen LogP contribution in [0.15, 0.2) is 24.3 Å². The zero-order chi connectivity index (χ0) is 12.0. The molecule has 3 heteroatoms. The van der Waals surface area contributed by atoms with Crippen LogP contribution in [0.1, 0.15) is 30.5 Å². The van der Waals surface area contributed by atoms with Crippen LogP contribution in [0, 0.1) is 0 Å². The van der Waals surface area contributed by atoms with E-state index in [-0.39, 0.29) is 12.0 Å². The van der Waals surface area contributed by atoms with E-state index in [1.807, 2.05) is 7.05 Å². The van der Waals surface area contributed by atoms with Crippen LogP contribution < -0.4 is 5.32 Å². The van der Waals surface area contributed by atoms with E-state index < -0.39 is 0 Å². The largest absolute Gasteiger partial charge is 0.469 e. The van der Waals surface area contributed by atoms with Gasteiger partial charge in [-0.1, -0.05) is 31.2 Å². The summed E-state index contributed by atoms with van der Waals surface area (Å²) < 4.78 is 4.67. The highest BCUT2D eigenvalue weighted by Crippen LogP contribution is 2.17. The van der Waals surface area contributed by atoms with Crippen molar-refractivity contribution < 1.29 is 9.53 Å². The molecule has 1 aromatic rings. The first-order valence-electron chi connectivity index (χ1n) is 5.54. The zero-order valence-corrected chi connectivity index (χ0v) is 10.1. The number of nitrogens with one attached hydrogen (secondary N) is 1. The van der Waals surface area contributed by atoms with Crippen LogP contribution in [-0.4, -0.2) is 20.1 Å². The Balaban J connectivity index is 2.74. The quantitative estimate of drug-likeness (QED) is 0.774. The molecule has 0 heterocycles. The molecule has 1 unspecified atom stereocenters. The molecule has 0 saturated carbocycles. The number of hydrogen-bond donors (Lipinski definition) is 1. The van der Waals surface area contributed by atoms with Gasteiger partial charge in [-0.25, -0.2) is 0 Å². The lowest BCUT2D eigenvalue weighted by Gasteiger charge is -2.15. The standard InChI is InChI=1S/C13H19NO2/c1-4-10-5-7-11(8-6-10)12(14-2)9-13(15)16-3/h5-8,12,14H,4,9H2,1-3H3. The molecule has 0 aliphatic heterocycles. The van der Waals surface area contributed by atoms with Crippen molar-refractivity contribution in [2.24, 2.45) is 0 Å². The van der Waals surface area contributed by atoms with Crippen LogP contribution >= 0.6 is 0 Å². The Morgan fingerprint density at radius 3 is 2.44 bits per heavy atom. The van der Waals surface area contributed by atoms with Gasteiger partial charge in [0.05, 0.1) is 13.5 Å². The summed E-state index contributed by atoms with van der Waals surface area (Å²) in [5.74, 6) is -0.195. The van der Waals surface area contributed by atoms with Gasteiger partial charge in [-0.3, -0.25) is 4.79 Å². The summed E-state index contributed by atoms with van der Waals surface area (Å²) in [5, 5.41) is 3.12. The topological polar surface area (TPSA) is 38.3 Å². The molecular formula is C13H19NO2. The van der Waals surface area contributed by atoms with E-state index in [4.69, 9.17) is 0 Å². The molecule has 0 aliphatic carbocycles. The Morgan fingerprint density at radius 2 is 2.00 bits per heavy atom. The van der Waals surface area contributed by atoms with Gasteiger partial charge < -0.3 is 10.1 Å². The van der Waals surface area contributed by atoms with Crippen molar-refractivity contribution in [3.05, 3.63) is 35.4 Å². The Kier molecular flexibility index (Phi) is 4.99. The van der Waals surface area contributed by atoms with Crippen molar-refractivity contribution >= 4 is 5.97 Å². The van der Waals surface area contributed by atoms with Gasteiger partial charge in [0.1, 0.15) is 0 Å². The highest BCUT2D eigenvalue weighted by atomic mass is 16.5. The maximum absolute atomic E-state index is 11.2. The van der Waals surface area contributed by atoms with Crippen LogP contribution in [0.25, 0.3) is 0 Å². The van der Waals surface area contributed by atoms with Crippen molar-refractivity contribution in [1.29, 1.82) is 0 Å². The third-order valence-electron chi connectivity index (χ3n) is 2.74. The minimum atomic E-state index is -0.195. The van der Waals surface area contributed by atoms with Crippen molar-refractivity contribution in [3.8, 4) is 0 Å². The van der Waals surface area contributed by atoms with Gasteiger partial charge in [0, 0.05) is 6.04 Å². The molecule has 1 aromatic carbocycles. The average Bonchev–Trinajstić information content (AvgIpc) is 2.35. The third-order valence-corrected chi connectivity index (χ3v) is 2.74. The fourth-order valence-corrected chi connectivity index (χ4v) is 1.62. The minimum Gasteiger partial charge on any atom is -0.469 e. The molecule has 0 saturated heterocycles. The third kappa shape index (κ3) is 3.35. The molecule has 0 bridgehead atoms. The second kappa shape index (κ2) is 6.28. The highest BCUT2D eigenvalue weighted by molar-refractivity contribution is 5.70. The van der Waals surface area contributed by atoms with E-state index >= 15 is 0 Å². The lowest BCUT2D eigenvalue weighted by molar-refractivity contribution is -0.141. The fraction of sp³-hybridized carbons (Fsp3) is 0.462. The number of carbonyl (C=O) groups excluding carboxylic acids is 1. The number of benzene rings is 1. The average molecular weight is 221 g/mol. The fourth-order valence-electron chi connectivity index (χ4n) is 1.62. The second-order valence-electron chi connectivity index (χ2n) is 3.72. The van der Waals surface area contributed by atoms with Crippen LogP contribution in [-0.2, 0) is 16.0 Å². The van der Waals surface area contributed by atoms with Crippen molar-refractivity contribution in [2.45, 2.75) is 25.8 Å². The van der Waals surface area contributed by atoms with E-state index in [0.717, 1.165) is 12.0 Å². The first kappa shape index (κ1) is 12.7. The van der Waals surface area contributed by atoms with Crippen LogP contribution in [0.2, 0.25) is 0 Å². The number of aryl methyl sites for hydroxylation is 1. The normalized spacial score (nSPS) is 12.2. The van der Waals surface area contributed by atoms with Crippen molar-refractivity contribution in [1.82, 2.24) is 5.32 Å². The smallest absolute Gasteiger partial charge is 0.307 e. The molecule has 1 N–H and O–H groups in total. The summed E-state index contributed by atoms with van der Waals surface area (Å²) in [5.41, 5.74) is 2.42. The van der Waals surface area contributed by atoms with Crippen LogP contribution in [0.5, 0.6) is 0 Å². The first-order chi connectivity index (χ1) is 7.71. The molecule has 0 aromatic heterocycles. The van der Waals surface area contributed by atoms with E-state index in [2.05, 4.69) is 41.2 Å². The molecule has 0 spiro atoms. The van der Waals surface area contributed by atoms with Crippen LogP contribution in [0.3, 0.4) is 0 Å².